The Hall–Kier alpha value is -9.84. The second-order valence-corrected chi connectivity index (χ2v) is 17.9. The maximum Gasteiger partial charge on any atom is 0.419 e. The van der Waals surface area contributed by atoms with Crippen LogP contribution >= 0.6 is 22.7 Å². The summed E-state index contributed by atoms with van der Waals surface area (Å²) in [4.78, 5) is 66.2. The van der Waals surface area contributed by atoms with E-state index in [0.29, 0.717) is 64.5 Å². The van der Waals surface area contributed by atoms with E-state index in [9.17, 15) is 40.2 Å². The van der Waals surface area contributed by atoms with Gasteiger partial charge in [0.1, 0.15) is 70.1 Å². The monoisotopic (exact) mass is 946 g/mol. The van der Waals surface area contributed by atoms with Gasteiger partial charge >= 0.3 is 12.2 Å². The number of hydrogen-bond donors (Lipinski definition) is 0. The van der Waals surface area contributed by atoms with Crippen molar-refractivity contribution in [2.45, 2.75) is 13.2 Å². The van der Waals surface area contributed by atoms with Gasteiger partial charge in [0.05, 0.1) is 31.5 Å². The number of nitriles is 4. The minimum Gasteiger partial charge on any atom is -0.444 e. The zero-order valence-corrected chi connectivity index (χ0v) is 37.6. The van der Waals surface area contributed by atoms with Crippen LogP contribution in [0.2, 0.25) is 0 Å². The molecular formula is C54H26N8O6S2. The highest BCUT2D eigenvalue weighted by atomic mass is 32.1. The van der Waals surface area contributed by atoms with Gasteiger partial charge in [-0.3, -0.25) is 9.59 Å². The summed E-state index contributed by atoms with van der Waals surface area (Å²) >= 11 is 2.31. The number of thiophene rings is 2. The van der Waals surface area contributed by atoms with Gasteiger partial charge in [-0.2, -0.15) is 21.0 Å². The lowest BCUT2D eigenvalue weighted by molar-refractivity contribution is 0.106. The van der Waals surface area contributed by atoms with Gasteiger partial charge in [0.2, 0.25) is 11.6 Å². The molecular weight excluding hydrogens is 921 g/mol. The van der Waals surface area contributed by atoms with Crippen LogP contribution < -0.4 is 0 Å². The lowest BCUT2D eigenvalue weighted by atomic mass is 10.0. The molecule has 4 aromatic heterocycles. The molecule has 0 radical (unpaired) electrons. The summed E-state index contributed by atoms with van der Waals surface area (Å²) in [5.41, 5.74) is 3.93. The van der Waals surface area contributed by atoms with Crippen molar-refractivity contribution in [1.82, 2.24) is 9.13 Å². The average molecular weight is 947 g/mol. The van der Waals surface area contributed by atoms with Crippen molar-refractivity contribution in [1.29, 1.82) is 21.0 Å². The minimum atomic E-state index is -0.734. The van der Waals surface area contributed by atoms with Gasteiger partial charge in [-0.15, -0.1) is 22.7 Å². The number of Topliss-reactive ketones (excluding diaryl/α,β-unsaturated/α-hetero) is 2. The molecule has 2 aliphatic rings. The number of allylic oxidation sites excluding steroid dienone is 4. The molecule has 0 N–H and O–H groups in total. The van der Waals surface area contributed by atoms with Crippen molar-refractivity contribution in [2.75, 3.05) is 0 Å². The van der Waals surface area contributed by atoms with Gasteiger partial charge in [0.15, 0.2) is 0 Å². The van der Waals surface area contributed by atoms with E-state index in [4.69, 9.17) is 19.5 Å². The number of aromatic nitrogens is 2. The van der Waals surface area contributed by atoms with E-state index in [2.05, 4.69) is 0 Å². The fraction of sp³-hybridized carbons (Fsp3) is 0.0370. The number of ketones is 2. The third-order valence-electron chi connectivity index (χ3n) is 11.9. The van der Waals surface area contributed by atoms with Crippen LogP contribution in [-0.4, -0.2) is 44.3 Å². The number of rotatable bonds is 6. The summed E-state index contributed by atoms with van der Waals surface area (Å²) in [6.45, 7) is -0.121. The van der Waals surface area contributed by atoms with Crippen LogP contribution in [0.4, 0.5) is 19.6 Å². The number of fused-ring (bicyclic) bond motifs is 8. The molecule has 0 fully saturated rings. The molecule has 2 aliphatic carbocycles. The van der Waals surface area contributed by atoms with Crippen LogP contribution in [0.5, 0.6) is 0 Å². The predicted molar refractivity (Wildman–Crippen MR) is 264 cm³/mol. The number of hydrogen-bond acceptors (Lipinski definition) is 14. The smallest absolute Gasteiger partial charge is 0.419 e. The molecule has 0 atom stereocenters. The van der Waals surface area contributed by atoms with Crippen molar-refractivity contribution in [3.63, 3.8) is 0 Å². The first-order valence-electron chi connectivity index (χ1n) is 21.2. The molecule has 0 bridgehead atoms. The van der Waals surface area contributed by atoms with Gasteiger partial charge < -0.3 is 9.47 Å². The molecule has 5 aromatic carbocycles. The molecule has 0 saturated heterocycles. The zero-order valence-electron chi connectivity index (χ0n) is 36.0. The molecule has 14 nitrogen and oxygen atoms in total. The predicted octanol–water partition coefficient (Wildman–Crippen LogP) is 11.9. The summed E-state index contributed by atoms with van der Waals surface area (Å²) in [6.07, 6.45) is -1.47. The molecule has 0 saturated carbocycles. The van der Waals surface area contributed by atoms with Crippen LogP contribution in [0.3, 0.4) is 0 Å². The zero-order chi connectivity index (χ0) is 48.2. The summed E-state index contributed by atoms with van der Waals surface area (Å²) in [5, 5.41) is 41.4. The number of ether oxygens (including phenoxy) is 2. The Morgan fingerprint density at radius 2 is 0.843 bits per heavy atom. The highest BCUT2D eigenvalue weighted by Gasteiger charge is 2.36. The summed E-state index contributed by atoms with van der Waals surface area (Å²) < 4.78 is 15.8. The van der Waals surface area contributed by atoms with Crippen LogP contribution in [0.25, 0.3) is 53.4 Å². The highest BCUT2D eigenvalue weighted by Crippen LogP contribution is 2.47. The quantitative estimate of drug-likeness (QED) is 0.144. The molecule has 330 valence electrons. The lowest BCUT2D eigenvalue weighted by Crippen LogP contribution is -2.14. The fourth-order valence-corrected chi connectivity index (χ4v) is 10.9. The Kier molecular flexibility index (Phi) is 10.5. The van der Waals surface area contributed by atoms with Gasteiger partial charge in [0, 0.05) is 33.0 Å². The second kappa shape index (κ2) is 17.1. The molecule has 11 rings (SSSR count). The Bertz CT molecular complexity index is 3840. The van der Waals surface area contributed by atoms with Crippen LogP contribution in [-0.2, 0) is 22.7 Å². The number of aliphatic imine (C=N–C) groups is 2. The van der Waals surface area contributed by atoms with Crippen molar-refractivity contribution in [3.8, 4) is 24.3 Å². The molecule has 0 spiro atoms. The number of carbonyl (C=O) groups excluding carboxylic acids is 4. The van der Waals surface area contributed by atoms with Crippen LogP contribution in [0.15, 0.2) is 155 Å². The van der Waals surface area contributed by atoms with E-state index in [1.807, 2.05) is 84.9 Å². The largest absolute Gasteiger partial charge is 0.444 e. The fourth-order valence-electron chi connectivity index (χ4n) is 8.85. The number of benzene rings is 5. The summed E-state index contributed by atoms with van der Waals surface area (Å²) in [5.74, 6) is -0.936. The third kappa shape index (κ3) is 6.88. The first-order valence-corrected chi connectivity index (χ1v) is 22.9. The van der Waals surface area contributed by atoms with Gasteiger partial charge in [-0.05, 0) is 46.5 Å². The Labute approximate surface area is 403 Å². The average Bonchev–Trinajstić information content (AvgIpc) is 4.23. The maximum atomic E-state index is 14.5. The second-order valence-electron chi connectivity index (χ2n) is 15.9. The summed E-state index contributed by atoms with van der Waals surface area (Å²) in [6, 6.07) is 46.0. The molecule has 0 unspecified atom stereocenters. The number of nitrogens with zero attached hydrogens (tertiary/aromatic N) is 8. The Balaban J connectivity index is 1.13. The van der Waals surface area contributed by atoms with Crippen molar-refractivity contribution >= 4 is 121 Å². The van der Waals surface area contributed by atoms with E-state index in [1.54, 1.807) is 72.8 Å². The minimum absolute atomic E-state index is 0.0603. The van der Waals surface area contributed by atoms with Crippen molar-refractivity contribution in [3.05, 3.63) is 178 Å². The van der Waals surface area contributed by atoms with E-state index in [-0.39, 0.29) is 56.9 Å². The molecule has 9 aromatic rings. The topological polar surface area (TPSA) is 216 Å². The maximum absolute atomic E-state index is 14.5. The summed E-state index contributed by atoms with van der Waals surface area (Å²) in [7, 11) is 0. The Morgan fingerprint density at radius 1 is 0.486 bits per heavy atom. The highest BCUT2D eigenvalue weighted by molar-refractivity contribution is 7.24. The van der Waals surface area contributed by atoms with Gasteiger partial charge in [0.25, 0.3) is 0 Å². The molecule has 0 aliphatic heterocycles. The first kappa shape index (κ1) is 42.8. The third-order valence-corrected chi connectivity index (χ3v) is 14.0. The Morgan fingerprint density at radius 3 is 1.21 bits per heavy atom. The molecule has 16 heteroatoms. The van der Waals surface area contributed by atoms with Crippen molar-refractivity contribution in [2.24, 2.45) is 9.98 Å². The van der Waals surface area contributed by atoms with Crippen molar-refractivity contribution < 1.29 is 28.7 Å². The van der Waals surface area contributed by atoms with Gasteiger partial charge in [-0.25, -0.2) is 28.7 Å². The van der Waals surface area contributed by atoms with E-state index < -0.39 is 23.8 Å². The van der Waals surface area contributed by atoms with Crippen LogP contribution in [0.1, 0.15) is 43.0 Å². The number of carbonyl (C=O) groups is 4. The molecule has 0 amide bonds. The van der Waals surface area contributed by atoms with Crippen LogP contribution in [0, 0.1) is 45.3 Å². The molecule has 4 heterocycles. The van der Waals surface area contributed by atoms with E-state index >= 15 is 0 Å². The lowest BCUT2D eigenvalue weighted by Gasteiger charge is -2.09. The van der Waals surface area contributed by atoms with Gasteiger partial charge in [-0.1, -0.05) is 109 Å². The SMILES string of the molecule is N#CC(C#N)=C1C(=Nc2cc3c(s2)c2cc4c(cc2n3C(=O)OCc2ccccc2)c2sc(N=C3C(=O)c5ccccc5C3=C(C#N)C#N)cc2n4C(=O)OCc2ccccc2)C(=O)c2ccccc21. The standard InChI is InChI=1S/C54H26N8O6S2/c55-23-31(24-56)45-33-15-7-9-17-35(33)49(63)47(45)59-43-21-41-51(69-43)37-20-40-38(19-39(37)61(41)53(65)67-27-29-11-3-1-4-12-29)52-42(62(40)54(66)68-28-30-13-5-2-6-14-30)22-44(70-52)60-48-46(32(25-57)26-58)34-16-8-10-18-36(34)50(48)64/h1-22H,27-28H2. The molecule has 70 heavy (non-hydrogen) atoms. The normalized spacial score (nSPS) is 13.9. The van der Waals surface area contributed by atoms with E-state index in [0.717, 1.165) is 33.8 Å². The van der Waals surface area contributed by atoms with E-state index in [1.165, 1.54) is 9.13 Å². The first-order chi connectivity index (χ1) is 34.2.